The number of rotatable bonds is 3. The molecule has 2 rings (SSSR count). The topological polar surface area (TPSA) is 109 Å². The first kappa shape index (κ1) is 12.6. The number of nitrogens with one attached hydrogen (secondary N) is 1. The number of carbonyl (C=O) groups is 1. The van der Waals surface area contributed by atoms with Crippen LogP contribution in [-0.2, 0) is 10.1 Å². The summed E-state index contributed by atoms with van der Waals surface area (Å²) in [7, 11) is -4.39. The summed E-state index contributed by atoms with van der Waals surface area (Å²) in [4.78, 5) is 11.7. The maximum absolute atomic E-state index is 11.7. The molecule has 2 aromatic rings. The van der Waals surface area contributed by atoms with Gasteiger partial charge in [-0.25, -0.2) is 0 Å². The molecule has 0 aliphatic heterocycles. The predicted molar refractivity (Wildman–Crippen MR) is 64.1 cm³/mol. The van der Waals surface area contributed by atoms with Crippen LogP contribution >= 0.6 is 11.3 Å². The molecule has 0 spiro atoms. The molecule has 0 aliphatic carbocycles. The third-order valence-electron chi connectivity index (χ3n) is 1.88. The molecule has 9 heteroatoms. The van der Waals surface area contributed by atoms with Crippen LogP contribution < -0.4 is 5.32 Å². The van der Waals surface area contributed by atoms with Crippen LogP contribution in [0.3, 0.4) is 0 Å². The first-order valence-corrected chi connectivity index (χ1v) is 6.90. The Morgan fingerprint density at radius 2 is 1.89 bits per heavy atom. The van der Waals surface area contributed by atoms with Crippen LogP contribution in [0.2, 0.25) is 0 Å². The van der Waals surface area contributed by atoms with Crippen molar-refractivity contribution in [2.75, 3.05) is 5.32 Å². The van der Waals surface area contributed by atoms with Crippen molar-refractivity contribution in [3.05, 3.63) is 35.9 Å². The Morgan fingerprint density at radius 1 is 1.22 bits per heavy atom. The SMILES string of the molecule is O=C(Nc1nnc(S(=O)(=O)O)s1)c1ccccc1. The minimum absolute atomic E-state index is 0.00326. The van der Waals surface area contributed by atoms with Crippen molar-refractivity contribution < 1.29 is 17.8 Å². The minimum Gasteiger partial charge on any atom is -0.296 e. The van der Waals surface area contributed by atoms with Gasteiger partial charge in [-0.3, -0.25) is 14.7 Å². The lowest BCUT2D eigenvalue weighted by Crippen LogP contribution is -2.11. The molecule has 1 heterocycles. The van der Waals surface area contributed by atoms with Crippen LogP contribution in [0, 0.1) is 0 Å². The zero-order valence-electron chi connectivity index (χ0n) is 8.77. The second kappa shape index (κ2) is 4.80. The highest BCUT2D eigenvalue weighted by atomic mass is 32.3. The standard InChI is InChI=1S/C9H7N3O4S2/c13-7(6-4-2-1-3-5-6)10-8-11-12-9(17-8)18(14,15)16/h1-5H,(H,10,11,13)(H,14,15,16). The van der Waals surface area contributed by atoms with Crippen molar-refractivity contribution in [1.29, 1.82) is 0 Å². The Morgan fingerprint density at radius 3 is 2.44 bits per heavy atom. The van der Waals surface area contributed by atoms with E-state index in [1.165, 1.54) is 0 Å². The molecule has 0 aliphatic rings. The van der Waals surface area contributed by atoms with Gasteiger partial charge in [0, 0.05) is 5.56 Å². The highest BCUT2D eigenvalue weighted by molar-refractivity contribution is 7.88. The van der Waals surface area contributed by atoms with Crippen LogP contribution in [0.15, 0.2) is 34.7 Å². The summed E-state index contributed by atoms with van der Waals surface area (Å²) in [6, 6.07) is 8.34. The fourth-order valence-electron chi connectivity index (χ4n) is 1.12. The van der Waals surface area contributed by atoms with Gasteiger partial charge in [0.15, 0.2) is 0 Å². The molecule has 0 unspecified atom stereocenters. The fraction of sp³-hybridized carbons (Fsp3) is 0. The summed E-state index contributed by atoms with van der Waals surface area (Å²) in [6.45, 7) is 0. The Labute approximate surface area is 106 Å². The molecule has 1 aromatic heterocycles. The molecule has 0 saturated heterocycles. The molecule has 94 valence electrons. The second-order valence-electron chi connectivity index (χ2n) is 3.17. The third kappa shape index (κ3) is 2.88. The highest BCUT2D eigenvalue weighted by Crippen LogP contribution is 2.19. The van der Waals surface area contributed by atoms with Gasteiger partial charge < -0.3 is 0 Å². The molecule has 0 bridgehead atoms. The number of anilines is 1. The molecular weight excluding hydrogens is 278 g/mol. The molecule has 7 nitrogen and oxygen atoms in total. The fourth-order valence-corrected chi connectivity index (χ4v) is 2.40. The summed E-state index contributed by atoms with van der Waals surface area (Å²) in [6.07, 6.45) is 0. The molecule has 0 atom stereocenters. The van der Waals surface area contributed by atoms with E-state index >= 15 is 0 Å². The van der Waals surface area contributed by atoms with Gasteiger partial charge >= 0.3 is 10.1 Å². The first-order valence-electron chi connectivity index (χ1n) is 4.64. The van der Waals surface area contributed by atoms with Gasteiger partial charge in [0.05, 0.1) is 0 Å². The molecule has 2 N–H and O–H groups in total. The third-order valence-corrected chi connectivity index (χ3v) is 3.92. The van der Waals surface area contributed by atoms with Crippen molar-refractivity contribution in [2.45, 2.75) is 4.34 Å². The van der Waals surface area contributed by atoms with Crippen LogP contribution in [-0.4, -0.2) is 29.1 Å². The Balaban J connectivity index is 2.16. The van der Waals surface area contributed by atoms with Gasteiger partial charge in [0.1, 0.15) is 0 Å². The van der Waals surface area contributed by atoms with Crippen molar-refractivity contribution in [3.63, 3.8) is 0 Å². The average Bonchev–Trinajstić information content (AvgIpc) is 2.78. The molecule has 18 heavy (non-hydrogen) atoms. The first-order chi connectivity index (χ1) is 8.47. The van der Waals surface area contributed by atoms with Crippen LogP contribution in [0.25, 0.3) is 0 Å². The van der Waals surface area contributed by atoms with E-state index in [9.17, 15) is 13.2 Å². The number of hydrogen-bond acceptors (Lipinski definition) is 6. The van der Waals surface area contributed by atoms with Gasteiger partial charge in [0.25, 0.3) is 10.2 Å². The number of carbonyl (C=O) groups excluding carboxylic acids is 1. The van der Waals surface area contributed by atoms with Gasteiger partial charge in [0.2, 0.25) is 5.13 Å². The van der Waals surface area contributed by atoms with Crippen LogP contribution in [0.4, 0.5) is 5.13 Å². The summed E-state index contributed by atoms with van der Waals surface area (Å²) < 4.78 is 29.7. The van der Waals surface area contributed by atoms with Crippen molar-refractivity contribution >= 4 is 32.5 Å². The predicted octanol–water partition coefficient (Wildman–Crippen LogP) is 1.04. The van der Waals surface area contributed by atoms with E-state index in [2.05, 4.69) is 15.5 Å². The lowest BCUT2D eigenvalue weighted by molar-refractivity contribution is 0.102. The van der Waals surface area contributed by atoms with Crippen molar-refractivity contribution in [1.82, 2.24) is 10.2 Å². The Hall–Kier alpha value is -1.84. The van der Waals surface area contributed by atoms with Crippen LogP contribution in [0.5, 0.6) is 0 Å². The van der Waals surface area contributed by atoms with E-state index in [0.29, 0.717) is 16.9 Å². The minimum atomic E-state index is -4.39. The van der Waals surface area contributed by atoms with Crippen molar-refractivity contribution in [2.24, 2.45) is 0 Å². The number of hydrogen-bond donors (Lipinski definition) is 2. The lowest BCUT2D eigenvalue weighted by Gasteiger charge is -1.99. The zero-order chi connectivity index (χ0) is 13.2. The normalized spacial score (nSPS) is 11.2. The van der Waals surface area contributed by atoms with E-state index in [1.807, 2.05) is 0 Å². The number of nitrogens with zero attached hydrogens (tertiary/aromatic N) is 2. The summed E-state index contributed by atoms with van der Waals surface area (Å²) >= 11 is 0.571. The molecule has 0 radical (unpaired) electrons. The molecule has 1 amide bonds. The van der Waals surface area contributed by atoms with Gasteiger partial charge in [-0.15, -0.1) is 10.2 Å². The zero-order valence-corrected chi connectivity index (χ0v) is 10.4. The maximum atomic E-state index is 11.7. The maximum Gasteiger partial charge on any atom is 0.324 e. The number of amides is 1. The summed E-state index contributed by atoms with van der Waals surface area (Å²) in [5, 5.41) is 9.07. The van der Waals surface area contributed by atoms with E-state index in [1.54, 1.807) is 30.3 Å². The van der Waals surface area contributed by atoms with E-state index in [0.717, 1.165) is 0 Å². The average molecular weight is 285 g/mol. The van der Waals surface area contributed by atoms with Crippen molar-refractivity contribution in [3.8, 4) is 0 Å². The quantitative estimate of drug-likeness (QED) is 0.644. The van der Waals surface area contributed by atoms with Gasteiger partial charge in [-0.05, 0) is 12.1 Å². The second-order valence-corrected chi connectivity index (χ2v) is 5.74. The Bertz CT molecular complexity index is 666. The van der Waals surface area contributed by atoms with E-state index in [-0.39, 0.29) is 5.13 Å². The Kier molecular flexibility index (Phi) is 3.36. The molecular formula is C9H7N3O4S2. The van der Waals surface area contributed by atoms with Gasteiger partial charge in [-0.2, -0.15) is 8.42 Å². The highest BCUT2D eigenvalue weighted by Gasteiger charge is 2.17. The smallest absolute Gasteiger partial charge is 0.296 e. The summed E-state index contributed by atoms with van der Waals surface area (Å²) in [5.41, 5.74) is 0.404. The largest absolute Gasteiger partial charge is 0.324 e. The lowest BCUT2D eigenvalue weighted by atomic mass is 10.2. The van der Waals surface area contributed by atoms with E-state index in [4.69, 9.17) is 4.55 Å². The van der Waals surface area contributed by atoms with Crippen LogP contribution in [0.1, 0.15) is 10.4 Å². The molecule has 0 fully saturated rings. The monoisotopic (exact) mass is 285 g/mol. The number of benzene rings is 1. The molecule has 1 aromatic carbocycles. The summed E-state index contributed by atoms with van der Waals surface area (Å²) in [5.74, 6) is -0.436. The van der Waals surface area contributed by atoms with Gasteiger partial charge in [-0.1, -0.05) is 29.5 Å². The number of aromatic nitrogens is 2. The molecule has 0 saturated carbocycles. The van der Waals surface area contributed by atoms with E-state index < -0.39 is 20.4 Å².